The first kappa shape index (κ1) is 15.5. The number of likely N-dealkylation sites (tertiary alicyclic amines) is 1. The van der Waals surface area contributed by atoms with Gasteiger partial charge in [0.05, 0.1) is 6.61 Å². The highest BCUT2D eigenvalue weighted by Crippen LogP contribution is 2.31. The van der Waals surface area contributed by atoms with E-state index in [1.165, 1.54) is 0 Å². The average molecular weight is 306 g/mol. The molecule has 1 aromatic rings. The van der Waals surface area contributed by atoms with Gasteiger partial charge in [-0.2, -0.15) is 5.10 Å². The van der Waals surface area contributed by atoms with E-state index in [0.29, 0.717) is 5.92 Å². The summed E-state index contributed by atoms with van der Waals surface area (Å²) in [7, 11) is 0. The summed E-state index contributed by atoms with van der Waals surface area (Å²) < 4.78 is 7.40. The highest BCUT2D eigenvalue weighted by molar-refractivity contribution is 5.85. The Morgan fingerprint density at radius 3 is 2.95 bits per heavy atom. The van der Waals surface area contributed by atoms with Crippen LogP contribution in [0.3, 0.4) is 0 Å². The summed E-state index contributed by atoms with van der Waals surface area (Å²) in [5, 5.41) is 7.74. The highest BCUT2D eigenvalue weighted by Gasteiger charge is 2.45. The van der Waals surface area contributed by atoms with Crippen LogP contribution in [0, 0.1) is 5.92 Å². The predicted molar refractivity (Wildman–Crippen MR) is 83.5 cm³/mol. The number of carbonyl (C=O) groups is 1. The molecule has 1 N–H and O–H groups in total. The first-order chi connectivity index (χ1) is 10.8. The number of nitrogens with one attached hydrogen (secondary N) is 1. The van der Waals surface area contributed by atoms with Crippen molar-refractivity contribution in [3.63, 3.8) is 0 Å². The first-order valence-electron chi connectivity index (χ1n) is 8.34. The molecule has 6 heteroatoms. The second-order valence-corrected chi connectivity index (χ2v) is 6.30. The Kier molecular flexibility index (Phi) is 4.78. The second kappa shape index (κ2) is 6.79. The largest absolute Gasteiger partial charge is 0.381 e. The van der Waals surface area contributed by atoms with Gasteiger partial charge in [-0.3, -0.25) is 9.48 Å². The fourth-order valence-electron chi connectivity index (χ4n) is 3.64. The van der Waals surface area contributed by atoms with Gasteiger partial charge >= 0.3 is 0 Å². The van der Waals surface area contributed by atoms with Crippen LogP contribution < -0.4 is 5.32 Å². The molecule has 1 unspecified atom stereocenters. The van der Waals surface area contributed by atoms with E-state index < -0.39 is 5.54 Å². The summed E-state index contributed by atoms with van der Waals surface area (Å²) in [6.07, 6.45) is 6.34. The molecule has 2 saturated heterocycles. The minimum absolute atomic E-state index is 0.233. The quantitative estimate of drug-likeness (QED) is 0.876. The Morgan fingerprint density at radius 1 is 1.45 bits per heavy atom. The Balaban J connectivity index is 1.73. The fraction of sp³-hybridized carbons (Fsp3) is 0.750. The number of ether oxygens (including phenoxy) is 1. The Morgan fingerprint density at radius 2 is 2.27 bits per heavy atom. The summed E-state index contributed by atoms with van der Waals surface area (Å²) in [5.41, 5.74) is -0.505. The minimum atomic E-state index is -0.505. The van der Waals surface area contributed by atoms with Crippen LogP contribution in [0.15, 0.2) is 18.5 Å². The normalized spacial score (nSPS) is 24.6. The lowest BCUT2D eigenvalue weighted by atomic mass is 9.87. The van der Waals surface area contributed by atoms with E-state index in [1.807, 2.05) is 28.8 Å². The molecular weight excluding hydrogens is 280 g/mol. The van der Waals surface area contributed by atoms with Gasteiger partial charge in [0.25, 0.3) is 5.91 Å². The van der Waals surface area contributed by atoms with Crippen molar-refractivity contribution >= 4 is 5.91 Å². The number of carbonyl (C=O) groups excluding carboxylic acids is 1. The van der Waals surface area contributed by atoms with Gasteiger partial charge in [0.1, 0.15) is 5.54 Å². The predicted octanol–water partition coefficient (Wildman–Crippen LogP) is 0.847. The summed E-state index contributed by atoms with van der Waals surface area (Å²) in [6, 6.07) is 1.90. The monoisotopic (exact) mass is 306 g/mol. The van der Waals surface area contributed by atoms with E-state index in [0.717, 1.165) is 58.7 Å². The summed E-state index contributed by atoms with van der Waals surface area (Å²) in [6.45, 7) is 6.90. The maximum Gasteiger partial charge on any atom is 0.250 e. The van der Waals surface area contributed by atoms with Crippen molar-refractivity contribution in [1.82, 2.24) is 20.0 Å². The maximum atomic E-state index is 13.2. The second-order valence-electron chi connectivity index (χ2n) is 6.30. The maximum absolute atomic E-state index is 13.2. The van der Waals surface area contributed by atoms with Crippen molar-refractivity contribution in [3.05, 3.63) is 18.5 Å². The standard InChI is InChI=1S/C16H26N4O2/c1-2-22-13-14-4-11-19(12-14)15(21)16(5-8-17-9-6-16)20-10-3-7-18-20/h3,7,10,14,17H,2,4-6,8-9,11-13H2,1H3. The third-order valence-corrected chi connectivity index (χ3v) is 4.90. The first-order valence-corrected chi connectivity index (χ1v) is 8.34. The van der Waals surface area contributed by atoms with Crippen molar-refractivity contribution in [3.8, 4) is 0 Å². The minimum Gasteiger partial charge on any atom is -0.381 e. The van der Waals surface area contributed by atoms with Gasteiger partial charge in [-0.05, 0) is 45.3 Å². The van der Waals surface area contributed by atoms with E-state index >= 15 is 0 Å². The van der Waals surface area contributed by atoms with Crippen LogP contribution in [0.5, 0.6) is 0 Å². The van der Waals surface area contributed by atoms with Crippen molar-refractivity contribution in [2.75, 3.05) is 39.4 Å². The molecule has 1 atom stereocenters. The van der Waals surface area contributed by atoms with Crippen molar-refractivity contribution < 1.29 is 9.53 Å². The molecule has 0 spiro atoms. The summed E-state index contributed by atoms with van der Waals surface area (Å²) in [5.74, 6) is 0.706. The van der Waals surface area contributed by atoms with Gasteiger partial charge in [-0.1, -0.05) is 0 Å². The van der Waals surface area contributed by atoms with E-state index in [9.17, 15) is 4.79 Å². The Labute approximate surface area is 131 Å². The van der Waals surface area contributed by atoms with Gasteiger partial charge in [-0.15, -0.1) is 0 Å². The number of amides is 1. The number of aromatic nitrogens is 2. The molecular formula is C16H26N4O2. The Hall–Kier alpha value is -1.40. The molecule has 122 valence electrons. The lowest BCUT2D eigenvalue weighted by Crippen LogP contribution is -2.55. The molecule has 2 aliphatic rings. The molecule has 0 radical (unpaired) electrons. The lowest BCUT2D eigenvalue weighted by Gasteiger charge is -2.39. The third kappa shape index (κ3) is 2.90. The summed E-state index contributed by atoms with van der Waals surface area (Å²) in [4.78, 5) is 15.3. The molecule has 0 aliphatic carbocycles. The summed E-state index contributed by atoms with van der Waals surface area (Å²) >= 11 is 0. The molecule has 22 heavy (non-hydrogen) atoms. The molecule has 0 aromatic carbocycles. The van der Waals surface area contributed by atoms with Crippen LogP contribution in [0.2, 0.25) is 0 Å². The molecule has 1 amide bonds. The number of hydrogen-bond donors (Lipinski definition) is 1. The molecule has 0 saturated carbocycles. The topological polar surface area (TPSA) is 59.4 Å². The zero-order valence-electron chi connectivity index (χ0n) is 13.3. The fourth-order valence-corrected chi connectivity index (χ4v) is 3.64. The number of rotatable bonds is 5. The van der Waals surface area contributed by atoms with Gasteiger partial charge in [0, 0.05) is 38.0 Å². The van der Waals surface area contributed by atoms with Gasteiger partial charge < -0.3 is 15.0 Å². The van der Waals surface area contributed by atoms with Gasteiger partial charge in [-0.25, -0.2) is 0 Å². The van der Waals surface area contributed by atoms with Crippen LogP contribution in [0.1, 0.15) is 26.2 Å². The highest BCUT2D eigenvalue weighted by atomic mass is 16.5. The van der Waals surface area contributed by atoms with Crippen molar-refractivity contribution in [2.45, 2.75) is 31.7 Å². The smallest absolute Gasteiger partial charge is 0.250 e. The average Bonchev–Trinajstić information content (AvgIpc) is 3.24. The SMILES string of the molecule is CCOCC1CCN(C(=O)C2(n3cccn3)CCNCC2)C1. The lowest BCUT2D eigenvalue weighted by molar-refractivity contribution is -0.142. The van der Waals surface area contributed by atoms with Crippen molar-refractivity contribution in [1.29, 1.82) is 0 Å². The van der Waals surface area contributed by atoms with E-state index in [-0.39, 0.29) is 5.91 Å². The van der Waals surface area contributed by atoms with Crippen LogP contribution in [0.4, 0.5) is 0 Å². The van der Waals surface area contributed by atoms with Gasteiger partial charge in [0.2, 0.25) is 0 Å². The molecule has 2 aliphatic heterocycles. The Bertz CT molecular complexity index is 482. The number of hydrogen-bond acceptors (Lipinski definition) is 4. The van der Waals surface area contributed by atoms with Crippen LogP contribution >= 0.6 is 0 Å². The van der Waals surface area contributed by atoms with Crippen LogP contribution in [-0.2, 0) is 15.1 Å². The molecule has 2 fully saturated rings. The molecule has 6 nitrogen and oxygen atoms in total. The number of nitrogens with zero attached hydrogens (tertiary/aromatic N) is 3. The van der Waals surface area contributed by atoms with E-state index in [1.54, 1.807) is 6.20 Å². The van der Waals surface area contributed by atoms with Gasteiger partial charge in [0.15, 0.2) is 0 Å². The van der Waals surface area contributed by atoms with Crippen molar-refractivity contribution in [2.24, 2.45) is 5.92 Å². The van der Waals surface area contributed by atoms with E-state index in [2.05, 4.69) is 10.4 Å². The molecule has 3 rings (SSSR count). The van der Waals surface area contributed by atoms with E-state index in [4.69, 9.17) is 4.74 Å². The molecule has 3 heterocycles. The van der Waals surface area contributed by atoms with Crippen LogP contribution in [0.25, 0.3) is 0 Å². The van der Waals surface area contributed by atoms with Crippen LogP contribution in [-0.4, -0.2) is 60.0 Å². The molecule has 1 aromatic heterocycles. The zero-order chi connectivity index (χ0) is 15.4. The molecule has 0 bridgehead atoms. The third-order valence-electron chi connectivity index (χ3n) is 4.90. The number of piperidine rings is 1. The zero-order valence-corrected chi connectivity index (χ0v) is 13.3.